The summed E-state index contributed by atoms with van der Waals surface area (Å²) in [4.78, 5) is 2.56. The van der Waals surface area contributed by atoms with Gasteiger partial charge in [-0.3, -0.25) is 0 Å². The van der Waals surface area contributed by atoms with Crippen molar-refractivity contribution in [2.24, 2.45) is 17.6 Å². The fourth-order valence-corrected chi connectivity index (χ4v) is 2.43. The lowest BCUT2D eigenvalue weighted by atomic mass is 9.89. The van der Waals surface area contributed by atoms with Crippen molar-refractivity contribution < 1.29 is 0 Å². The lowest BCUT2D eigenvalue weighted by molar-refractivity contribution is 0.185. The van der Waals surface area contributed by atoms with Crippen molar-refractivity contribution in [3.05, 3.63) is 24.3 Å². The molecule has 0 aromatic heterocycles. The van der Waals surface area contributed by atoms with E-state index in [-0.39, 0.29) is 0 Å². The van der Waals surface area contributed by atoms with Crippen LogP contribution >= 0.6 is 0 Å². The van der Waals surface area contributed by atoms with Crippen LogP contribution in [0.4, 0.5) is 0 Å². The lowest BCUT2D eigenvalue weighted by Crippen LogP contribution is -2.42. The van der Waals surface area contributed by atoms with Crippen LogP contribution in [0.15, 0.2) is 24.3 Å². The molecule has 1 aliphatic heterocycles. The largest absolute Gasteiger partial charge is 0.328 e. The summed E-state index contributed by atoms with van der Waals surface area (Å²) in [7, 11) is 0. The number of allylic oxidation sites excluding steroid dienone is 3. The summed E-state index contributed by atoms with van der Waals surface area (Å²) in [6.45, 7) is 5.87. The van der Waals surface area contributed by atoms with Crippen molar-refractivity contribution in [3.63, 3.8) is 0 Å². The molecule has 1 saturated heterocycles. The summed E-state index contributed by atoms with van der Waals surface area (Å²) in [5, 5.41) is 0. The molecule has 1 fully saturated rings. The van der Waals surface area contributed by atoms with Crippen LogP contribution in [-0.4, -0.2) is 30.6 Å². The van der Waals surface area contributed by atoms with Gasteiger partial charge in [-0.25, -0.2) is 0 Å². The molecule has 0 amide bonds. The third-order valence-electron chi connectivity index (χ3n) is 3.66. The van der Waals surface area contributed by atoms with Crippen LogP contribution < -0.4 is 5.73 Å². The summed E-state index contributed by atoms with van der Waals surface area (Å²) in [5.41, 5.74) is 5.91. The zero-order valence-corrected chi connectivity index (χ0v) is 9.60. The Morgan fingerprint density at radius 3 is 2.53 bits per heavy atom. The number of piperidine rings is 1. The molecular formula is C13H22N2. The fourth-order valence-electron chi connectivity index (χ4n) is 2.43. The van der Waals surface area contributed by atoms with Gasteiger partial charge in [0.05, 0.1) is 0 Å². The maximum Gasteiger partial charge on any atom is 0.00631 e. The Morgan fingerprint density at radius 1 is 1.20 bits per heavy atom. The second-order valence-electron chi connectivity index (χ2n) is 4.93. The van der Waals surface area contributed by atoms with Crippen molar-refractivity contribution in [1.82, 2.24) is 4.90 Å². The van der Waals surface area contributed by atoms with Gasteiger partial charge in [0.25, 0.3) is 0 Å². The van der Waals surface area contributed by atoms with E-state index < -0.39 is 0 Å². The fraction of sp³-hybridized carbons (Fsp3) is 0.692. The van der Waals surface area contributed by atoms with Gasteiger partial charge in [0.2, 0.25) is 0 Å². The number of likely N-dealkylation sites (tertiary alicyclic amines) is 1. The summed E-state index contributed by atoms with van der Waals surface area (Å²) < 4.78 is 0. The predicted molar refractivity (Wildman–Crippen MR) is 64.6 cm³/mol. The third kappa shape index (κ3) is 2.93. The van der Waals surface area contributed by atoms with Gasteiger partial charge < -0.3 is 10.6 Å². The summed E-state index contributed by atoms with van der Waals surface area (Å²) in [5.74, 6) is 1.38. The average Bonchev–Trinajstić information content (AvgIpc) is 2.25. The minimum Gasteiger partial charge on any atom is -0.328 e. The molecule has 2 unspecified atom stereocenters. The van der Waals surface area contributed by atoms with Crippen LogP contribution in [0.1, 0.15) is 19.8 Å². The van der Waals surface area contributed by atoms with Crippen molar-refractivity contribution in [2.45, 2.75) is 25.8 Å². The Hall–Kier alpha value is -0.600. The highest BCUT2D eigenvalue weighted by Gasteiger charge is 2.21. The van der Waals surface area contributed by atoms with Gasteiger partial charge in [-0.1, -0.05) is 31.2 Å². The quantitative estimate of drug-likeness (QED) is 0.746. The number of hydrogen-bond acceptors (Lipinski definition) is 2. The maximum absolute atomic E-state index is 5.91. The molecule has 0 bridgehead atoms. The first-order chi connectivity index (χ1) is 7.25. The van der Waals surface area contributed by atoms with Crippen LogP contribution in [0, 0.1) is 11.8 Å². The van der Waals surface area contributed by atoms with E-state index in [1.54, 1.807) is 0 Å². The molecule has 1 aliphatic carbocycles. The van der Waals surface area contributed by atoms with Crippen molar-refractivity contribution >= 4 is 0 Å². The van der Waals surface area contributed by atoms with Crippen LogP contribution in [0.3, 0.4) is 0 Å². The van der Waals surface area contributed by atoms with Crippen LogP contribution in [0.5, 0.6) is 0 Å². The zero-order chi connectivity index (χ0) is 10.7. The van der Waals surface area contributed by atoms with Crippen molar-refractivity contribution in [3.8, 4) is 0 Å². The zero-order valence-electron chi connectivity index (χ0n) is 9.60. The molecule has 2 aliphatic rings. The second-order valence-corrected chi connectivity index (χ2v) is 4.93. The first kappa shape index (κ1) is 10.9. The molecular weight excluding hydrogens is 184 g/mol. The normalized spacial score (nSPS) is 33.5. The standard InChI is InChI=1S/C13H22N2/c1-11-4-2-3-5-12(11)10-15-8-6-13(14)7-9-15/h2-5,11-13H,6-10,14H2,1H3. The predicted octanol–water partition coefficient (Wildman–Crippen LogP) is 1.79. The Bertz CT molecular complexity index is 249. The maximum atomic E-state index is 5.91. The highest BCUT2D eigenvalue weighted by Crippen LogP contribution is 2.21. The second kappa shape index (κ2) is 4.95. The molecule has 0 aromatic carbocycles. The molecule has 2 rings (SSSR count). The minimum absolute atomic E-state index is 0.445. The Morgan fingerprint density at radius 2 is 1.87 bits per heavy atom. The van der Waals surface area contributed by atoms with E-state index in [4.69, 9.17) is 5.73 Å². The molecule has 15 heavy (non-hydrogen) atoms. The highest BCUT2D eigenvalue weighted by atomic mass is 15.1. The number of nitrogens with zero attached hydrogens (tertiary/aromatic N) is 1. The van der Waals surface area contributed by atoms with Gasteiger partial charge in [0.1, 0.15) is 0 Å². The molecule has 0 saturated carbocycles. The molecule has 0 aromatic rings. The molecule has 1 heterocycles. The Labute approximate surface area is 92.8 Å². The molecule has 0 spiro atoms. The Balaban J connectivity index is 1.81. The molecule has 2 atom stereocenters. The smallest absolute Gasteiger partial charge is 0.00631 e. The number of hydrogen-bond donors (Lipinski definition) is 1. The van der Waals surface area contributed by atoms with Gasteiger partial charge in [0.15, 0.2) is 0 Å². The molecule has 2 N–H and O–H groups in total. The summed E-state index contributed by atoms with van der Waals surface area (Å²) in [6, 6.07) is 0.445. The van der Waals surface area contributed by atoms with E-state index >= 15 is 0 Å². The van der Waals surface area contributed by atoms with Crippen molar-refractivity contribution in [1.29, 1.82) is 0 Å². The summed E-state index contributed by atoms with van der Waals surface area (Å²) >= 11 is 0. The first-order valence-corrected chi connectivity index (χ1v) is 6.08. The number of nitrogens with two attached hydrogens (primary N) is 1. The van der Waals surface area contributed by atoms with Gasteiger partial charge >= 0.3 is 0 Å². The third-order valence-corrected chi connectivity index (χ3v) is 3.66. The van der Waals surface area contributed by atoms with Gasteiger partial charge in [-0.05, 0) is 37.8 Å². The first-order valence-electron chi connectivity index (χ1n) is 6.08. The molecule has 2 nitrogen and oxygen atoms in total. The Kier molecular flexibility index (Phi) is 3.60. The van der Waals surface area contributed by atoms with Crippen LogP contribution in [-0.2, 0) is 0 Å². The van der Waals surface area contributed by atoms with Gasteiger partial charge in [-0.15, -0.1) is 0 Å². The topological polar surface area (TPSA) is 29.3 Å². The van der Waals surface area contributed by atoms with E-state index in [1.165, 1.54) is 32.5 Å². The van der Waals surface area contributed by atoms with E-state index in [0.29, 0.717) is 17.9 Å². The number of rotatable bonds is 2. The molecule has 2 heteroatoms. The average molecular weight is 206 g/mol. The monoisotopic (exact) mass is 206 g/mol. The van der Waals surface area contributed by atoms with E-state index in [0.717, 1.165) is 0 Å². The van der Waals surface area contributed by atoms with E-state index in [1.807, 2.05) is 0 Å². The summed E-state index contributed by atoms with van der Waals surface area (Å²) in [6.07, 6.45) is 11.3. The molecule has 84 valence electrons. The van der Waals surface area contributed by atoms with E-state index in [9.17, 15) is 0 Å². The molecule has 0 radical (unpaired) electrons. The van der Waals surface area contributed by atoms with Crippen LogP contribution in [0.2, 0.25) is 0 Å². The lowest BCUT2D eigenvalue weighted by Gasteiger charge is -2.34. The van der Waals surface area contributed by atoms with Gasteiger partial charge in [-0.2, -0.15) is 0 Å². The van der Waals surface area contributed by atoms with Gasteiger partial charge in [0, 0.05) is 12.6 Å². The highest BCUT2D eigenvalue weighted by molar-refractivity contribution is 5.13. The van der Waals surface area contributed by atoms with Crippen molar-refractivity contribution in [2.75, 3.05) is 19.6 Å². The minimum atomic E-state index is 0.445. The SMILES string of the molecule is CC1C=CC=CC1CN1CCC(N)CC1. The van der Waals surface area contributed by atoms with Crippen LogP contribution in [0.25, 0.3) is 0 Å². The van der Waals surface area contributed by atoms with E-state index in [2.05, 4.69) is 36.1 Å².